The van der Waals surface area contributed by atoms with Crippen LogP contribution in [0.2, 0.25) is 0 Å². The molecule has 1 saturated heterocycles. The summed E-state index contributed by atoms with van der Waals surface area (Å²) in [7, 11) is 0. The molecule has 0 spiro atoms. The minimum atomic E-state index is 0.0238. The number of furan rings is 1. The number of carbonyl (C=O) groups excluding carboxylic acids is 2. The van der Waals surface area contributed by atoms with Crippen molar-refractivity contribution >= 4 is 22.7 Å². The highest BCUT2D eigenvalue weighted by Gasteiger charge is 2.24. The summed E-state index contributed by atoms with van der Waals surface area (Å²) in [6.07, 6.45) is 5.21. The van der Waals surface area contributed by atoms with E-state index in [9.17, 15) is 9.59 Å². The van der Waals surface area contributed by atoms with Gasteiger partial charge < -0.3 is 14.6 Å². The highest BCUT2D eigenvalue weighted by molar-refractivity contribution is 5.80. The van der Waals surface area contributed by atoms with Crippen molar-refractivity contribution in [2.24, 2.45) is 5.92 Å². The van der Waals surface area contributed by atoms with Gasteiger partial charge >= 0.3 is 0 Å². The lowest BCUT2D eigenvalue weighted by atomic mass is 9.93. The van der Waals surface area contributed by atoms with Crippen LogP contribution in [0, 0.1) is 12.8 Å². The summed E-state index contributed by atoms with van der Waals surface area (Å²) in [6.45, 7) is 4.05. The van der Waals surface area contributed by atoms with Crippen LogP contribution >= 0.6 is 0 Å². The quantitative estimate of drug-likeness (QED) is 0.651. The Labute approximate surface area is 176 Å². The van der Waals surface area contributed by atoms with E-state index in [0.29, 0.717) is 25.4 Å². The van der Waals surface area contributed by atoms with E-state index < -0.39 is 0 Å². The fourth-order valence-electron chi connectivity index (χ4n) is 4.05. The molecule has 7 nitrogen and oxygen atoms in total. The fraction of sp³-hybridized carbons (Fsp3) is 0.435. The van der Waals surface area contributed by atoms with Gasteiger partial charge in [0.05, 0.1) is 12.1 Å². The van der Waals surface area contributed by atoms with E-state index in [4.69, 9.17) is 4.42 Å². The molecular formula is C23H28N4O3. The Morgan fingerprint density at radius 2 is 2.10 bits per heavy atom. The van der Waals surface area contributed by atoms with Gasteiger partial charge in [0, 0.05) is 31.1 Å². The molecule has 0 radical (unpaired) electrons. The Balaban J connectivity index is 1.23. The molecule has 1 fully saturated rings. The molecule has 2 aromatic heterocycles. The molecule has 4 rings (SSSR count). The van der Waals surface area contributed by atoms with Crippen LogP contribution in [-0.4, -0.2) is 39.6 Å². The molecule has 0 bridgehead atoms. The van der Waals surface area contributed by atoms with Gasteiger partial charge in [-0.2, -0.15) is 5.10 Å². The van der Waals surface area contributed by atoms with Crippen LogP contribution in [0.1, 0.15) is 37.2 Å². The molecule has 1 aromatic carbocycles. The van der Waals surface area contributed by atoms with Crippen molar-refractivity contribution in [2.45, 2.75) is 45.7 Å². The zero-order valence-corrected chi connectivity index (χ0v) is 17.3. The minimum absolute atomic E-state index is 0.0238. The molecule has 1 atom stereocenters. The third kappa shape index (κ3) is 5.09. The van der Waals surface area contributed by atoms with Gasteiger partial charge in [-0.1, -0.05) is 18.2 Å². The van der Waals surface area contributed by atoms with Crippen molar-refractivity contribution in [2.75, 3.05) is 13.1 Å². The first-order valence-electron chi connectivity index (χ1n) is 10.6. The molecule has 0 unspecified atom stereocenters. The molecule has 7 heteroatoms. The zero-order valence-electron chi connectivity index (χ0n) is 17.3. The number of benzene rings is 1. The normalized spacial score (nSPS) is 16.7. The topological polar surface area (TPSA) is 80.4 Å². The minimum Gasteiger partial charge on any atom is -0.465 e. The van der Waals surface area contributed by atoms with Crippen molar-refractivity contribution in [3.63, 3.8) is 0 Å². The standard InChI is InChI=1S/C23H28N4O3/c1-17-8-10-20(30-17)13-24-22(28)11-9-18-5-4-12-26(14-18)23(29)16-27-15-19-6-2-3-7-21(19)25-27/h2-3,6-8,10,15,18H,4-5,9,11-14,16H2,1H3,(H,24,28)/t18-/m0/s1. The van der Waals surface area contributed by atoms with Crippen LogP contribution in [0.3, 0.4) is 0 Å². The van der Waals surface area contributed by atoms with E-state index >= 15 is 0 Å². The lowest BCUT2D eigenvalue weighted by Crippen LogP contribution is -2.41. The predicted molar refractivity (Wildman–Crippen MR) is 114 cm³/mol. The molecule has 1 aliphatic heterocycles. The van der Waals surface area contributed by atoms with Crippen molar-refractivity contribution < 1.29 is 14.0 Å². The molecule has 3 heterocycles. The first-order chi connectivity index (χ1) is 14.6. The smallest absolute Gasteiger partial charge is 0.244 e. The van der Waals surface area contributed by atoms with Gasteiger partial charge in [0.15, 0.2) is 0 Å². The molecule has 30 heavy (non-hydrogen) atoms. The summed E-state index contributed by atoms with van der Waals surface area (Å²) >= 11 is 0. The van der Waals surface area contributed by atoms with Gasteiger partial charge in [-0.05, 0) is 50.3 Å². The monoisotopic (exact) mass is 408 g/mol. The molecular weight excluding hydrogens is 380 g/mol. The Hall–Kier alpha value is -3.09. The zero-order chi connectivity index (χ0) is 20.9. The number of aromatic nitrogens is 2. The first kappa shape index (κ1) is 20.2. The summed E-state index contributed by atoms with van der Waals surface area (Å²) in [5.41, 5.74) is 0.901. The number of nitrogens with zero attached hydrogens (tertiary/aromatic N) is 3. The van der Waals surface area contributed by atoms with E-state index in [1.54, 1.807) is 4.68 Å². The van der Waals surface area contributed by atoms with E-state index in [0.717, 1.165) is 48.2 Å². The maximum atomic E-state index is 12.8. The van der Waals surface area contributed by atoms with E-state index in [2.05, 4.69) is 10.4 Å². The van der Waals surface area contributed by atoms with Gasteiger partial charge in [-0.3, -0.25) is 14.3 Å². The number of rotatable bonds is 7. The largest absolute Gasteiger partial charge is 0.465 e. The highest BCUT2D eigenvalue weighted by Crippen LogP contribution is 2.21. The summed E-state index contributed by atoms with van der Waals surface area (Å²) < 4.78 is 7.19. The second-order valence-electron chi connectivity index (χ2n) is 8.06. The molecule has 1 N–H and O–H groups in total. The van der Waals surface area contributed by atoms with Crippen LogP contribution in [-0.2, 0) is 22.7 Å². The number of amides is 2. The van der Waals surface area contributed by atoms with Crippen LogP contribution in [0.25, 0.3) is 10.9 Å². The number of likely N-dealkylation sites (tertiary alicyclic amines) is 1. The van der Waals surface area contributed by atoms with Crippen molar-refractivity contribution in [3.8, 4) is 0 Å². The maximum absolute atomic E-state index is 12.8. The van der Waals surface area contributed by atoms with Crippen molar-refractivity contribution in [1.29, 1.82) is 0 Å². The number of fused-ring (bicyclic) bond motifs is 1. The van der Waals surface area contributed by atoms with E-state index in [-0.39, 0.29) is 18.4 Å². The molecule has 2 amide bonds. The van der Waals surface area contributed by atoms with Crippen LogP contribution in [0.15, 0.2) is 47.0 Å². The van der Waals surface area contributed by atoms with Crippen LogP contribution in [0.5, 0.6) is 0 Å². The number of carbonyl (C=O) groups is 2. The van der Waals surface area contributed by atoms with Crippen LogP contribution in [0.4, 0.5) is 0 Å². The Kier molecular flexibility index (Phi) is 6.16. The molecule has 3 aromatic rings. The number of nitrogens with one attached hydrogen (secondary N) is 1. The Bertz CT molecular complexity index is 989. The lowest BCUT2D eigenvalue weighted by molar-refractivity contribution is -0.133. The van der Waals surface area contributed by atoms with E-state index in [1.165, 1.54) is 0 Å². The van der Waals surface area contributed by atoms with Gasteiger partial charge in [0.2, 0.25) is 11.8 Å². The van der Waals surface area contributed by atoms with Gasteiger partial charge in [0.1, 0.15) is 18.1 Å². The van der Waals surface area contributed by atoms with E-state index in [1.807, 2.05) is 54.4 Å². The predicted octanol–water partition coefficient (Wildman–Crippen LogP) is 3.27. The number of hydrogen-bond donors (Lipinski definition) is 1. The summed E-state index contributed by atoms with van der Waals surface area (Å²) in [5, 5.41) is 8.43. The average molecular weight is 409 g/mol. The second kappa shape index (κ2) is 9.15. The summed E-state index contributed by atoms with van der Waals surface area (Å²) in [6, 6.07) is 11.6. The van der Waals surface area contributed by atoms with Gasteiger partial charge in [0.25, 0.3) is 0 Å². The second-order valence-corrected chi connectivity index (χ2v) is 8.06. The Morgan fingerprint density at radius 1 is 1.23 bits per heavy atom. The summed E-state index contributed by atoms with van der Waals surface area (Å²) in [5.74, 6) is 2.08. The lowest BCUT2D eigenvalue weighted by Gasteiger charge is -2.32. The third-order valence-corrected chi connectivity index (χ3v) is 5.67. The fourth-order valence-corrected chi connectivity index (χ4v) is 4.05. The molecule has 0 saturated carbocycles. The van der Waals surface area contributed by atoms with Gasteiger partial charge in [-0.25, -0.2) is 0 Å². The molecule has 0 aliphatic carbocycles. The van der Waals surface area contributed by atoms with Gasteiger partial charge in [-0.15, -0.1) is 0 Å². The number of aryl methyl sites for hydroxylation is 1. The van der Waals surface area contributed by atoms with Crippen LogP contribution < -0.4 is 5.32 Å². The Morgan fingerprint density at radius 3 is 2.90 bits per heavy atom. The van der Waals surface area contributed by atoms with Crippen molar-refractivity contribution in [3.05, 3.63) is 54.1 Å². The maximum Gasteiger partial charge on any atom is 0.244 e. The summed E-state index contributed by atoms with van der Waals surface area (Å²) in [4.78, 5) is 26.8. The molecule has 158 valence electrons. The number of piperidine rings is 1. The third-order valence-electron chi connectivity index (χ3n) is 5.67. The average Bonchev–Trinajstić information content (AvgIpc) is 3.36. The molecule has 1 aliphatic rings. The SMILES string of the molecule is Cc1ccc(CNC(=O)CC[C@@H]2CCCN(C(=O)Cn3cc4ccccc4n3)C2)o1. The highest BCUT2D eigenvalue weighted by atomic mass is 16.3. The number of hydrogen-bond acceptors (Lipinski definition) is 4. The first-order valence-corrected chi connectivity index (χ1v) is 10.6. The van der Waals surface area contributed by atoms with Crippen molar-refractivity contribution in [1.82, 2.24) is 20.0 Å².